The molecule has 17 heavy (non-hydrogen) atoms. The van der Waals surface area contributed by atoms with Gasteiger partial charge in [0, 0.05) is 12.8 Å². The predicted molar refractivity (Wildman–Crippen MR) is 53.2 cm³/mol. The summed E-state index contributed by atoms with van der Waals surface area (Å²) in [4.78, 5) is 23.4. The summed E-state index contributed by atoms with van der Waals surface area (Å²) in [5.74, 6) is -1.18. The molecule has 1 fully saturated rings. The molecule has 1 saturated heterocycles. The third kappa shape index (κ3) is 2.02. The Morgan fingerprint density at radius 2 is 1.53 bits per heavy atom. The van der Waals surface area contributed by atoms with E-state index in [0.29, 0.717) is 4.90 Å². The lowest BCUT2D eigenvalue weighted by Crippen LogP contribution is -2.30. The molecule has 0 radical (unpaired) electrons. The van der Waals surface area contributed by atoms with E-state index in [0.717, 1.165) is 12.1 Å². The molecule has 1 heterocycles. The van der Waals surface area contributed by atoms with Crippen LogP contribution in [0.5, 0.6) is 0 Å². The van der Waals surface area contributed by atoms with E-state index in [1.807, 2.05) is 0 Å². The van der Waals surface area contributed by atoms with Gasteiger partial charge in [-0.1, -0.05) is 12.1 Å². The molecule has 0 aromatic heterocycles. The summed E-state index contributed by atoms with van der Waals surface area (Å²) in [6.07, 6.45) is -4.66. The molecule has 0 bridgehead atoms. The molecule has 0 spiro atoms. The maximum Gasteiger partial charge on any atom is 0.418 e. The highest BCUT2D eigenvalue weighted by Crippen LogP contribution is 2.37. The minimum Gasteiger partial charge on any atom is -0.274 e. The molecule has 3 nitrogen and oxygen atoms in total. The molecule has 1 aliphatic heterocycles. The fourth-order valence-corrected chi connectivity index (χ4v) is 1.75. The standard InChI is InChI=1S/C11H8F3NO2/c12-11(13,14)7-3-1-2-4-8(7)15-9(16)5-6-10(15)17/h1-4H,5-6H2. The van der Waals surface area contributed by atoms with Crippen molar-refractivity contribution in [1.29, 1.82) is 0 Å². The van der Waals surface area contributed by atoms with Gasteiger partial charge in [-0.25, -0.2) is 4.90 Å². The largest absolute Gasteiger partial charge is 0.418 e. The third-order valence-corrected chi connectivity index (χ3v) is 2.50. The number of carbonyl (C=O) groups is 2. The highest BCUT2D eigenvalue weighted by atomic mass is 19.4. The van der Waals surface area contributed by atoms with Crippen molar-refractivity contribution in [3.05, 3.63) is 29.8 Å². The molecular weight excluding hydrogens is 235 g/mol. The zero-order valence-corrected chi connectivity index (χ0v) is 8.62. The van der Waals surface area contributed by atoms with Crippen LogP contribution in [0.4, 0.5) is 18.9 Å². The number of halogens is 3. The number of hydrogen-bond donors (Lipinski definition) is 0. The molecule has 90 valence electrons. The lowest BCUT2D eigenvalue weighted by Gasteiger charge is -2.19. The summed E-state index contributed by atoms with van der Waals surface area (Å²) in [5, 5.41) is 0. The van der Waals surface area contributed by atoms with Gasteiger partial charge in [-0.2, -0.15) is 13.2 Å². The van der Waals surface area contributed by atoms with E-state index >= 15 is 0 Å². The normalized spacial score (nSPS) is 16.8. The summed E-state index contributed by atoms with van der Waals surface area (Å²) in [5.41, 5.74) is -1.35. The second kappa shape index (κ2) is 3.87. The van der Waals surface area contributed by atoms with Gasteiger partial charge in [-0.05, 0) is 12.1 Å². The molecule has 0 saturated carbocycles. The average Bonchev–Trinajstić information content (AvgIpc) is 2.57. The topological polar surface area (TPSA) is 37.4 Å². The van der Waals surface area contributed by atoms with Crippen molar-refractivity contribution in [3.63, 3.8) is 0 Å². The van der Waals surface area contributed by atoms with Crippen molar-refractivity contribution in [2.24, 2.45) is 0 Å². The maximum absolute atomic E-state index is 12.7. The summed E-state index contributed by atoms with van der Waals surface area (Å²) >= 11 is 0. The molecule has 0 N–H and O–H groups in total. The Morgan fingerprint density at radius 3 is 2.06 bits per heavy atom. The van der Waals surface area contributed by atoms with E-state index in [1.54, 1.807) is 0 Å². The number of imide groups is 1. The van der Waals surface area contributed by atoms with Crippen LogP contribution in [-0.4, -0.2) is 11.8 Å². The maximum atomic E-state index is 12.7. The van der Waals surface area contributed by atoms with Gasteiger partial charge in [0.05, 0.1) is 11.3 Å². The summed E-state index contributed by atoms with van der Waals surface area (Å²) in [6, 6.07) is 4.57. The van der Waals surface area contributed by atoms with Crippen LogP contribution >= 0.6 is 0 Å². The van der Waals surface area contributed by atoms with Crippen molar-refractivity contribution in [1.82, 2.24) is 0 Å². The lowest BCUT2D eigenvalue weighted by atomic mass is 10.1. The van der Waals surface area contributed by atoms with Crippen LogP contribution in [0.15, 0.2) is 24.3 Å². The first-order valence-corrected chi connectivity index (χ1v) is 4.93. The van der Waals surface area contributed by atoms with Crippen LogP contribution in [-0.2, 0) is 15.8 Å². The van der Waals surface area contributed by atoms with Gasteiger partial charge in [0.15, 0.2) is 0 Å². The molecule has 2 rings (SSSR count). The van der Waals surface area contributed by atoms with Crippen LogP contribution in [0, 0.1) is 0 Å². The number of benzene rings is 1. The fourth-order valence-electron chi connectivity index (χ4n) is 1.75. The SMILES string of the molecule is O=C1CCC(=O)N1c1ccccc1C(F)(F)F. The van der Waals surface area contributed by atoms with Crippen LogP contribution in [0.2, 0.25) is 0 Å². The number of nitrogens with zero attached hydrogens (tertiary/aromatic N) is 1. The van der Waals surface area contributed by atoms with Gasteiger partial charge < -0.3 is 0 Å². The Morgan fingerprint density at radius 1 is 1.00 bits per heavy atom. The van der Waals surface area contributed by atoms with Crippen molar-refractivity contribution in [3.8, 4) is 0 Å². The van der Waals surface area contributed by atoms with Gasteiger partial charge in [0.2, 0.25) is 11.8 Å². The predicted octanol–water partition coefficient (Wildman–Crippen LogP) is 2.36. The van der Waals surface area contributed by atoms with Crippen molar-refractivity contribution in [2.75, 3.05) is 4.90 Å². The Hall–Kier alpha value is -1.85. The zero-order chi connectivity index (χ0) is 12.6. The number of anilines is 1. The Balaban J connectivity index is 2.52. The lowest BCUT2D eigenvalue weighted by molar-refractivity contribution is -0.137. The van der Waals surface area contributed by atoms with E-state index in [9.17, 15) is 22.8 Å². The Labute approximate surface area is 94.8 Å². The second-order valence-electron chi connectivity index (χ2n) is 3.64. The van der Waals surface area contributed by atoms with Gasteiger partial charge in [-0.3, -0.25) is 9.59 Å². The number of para-hydroxylation sites is 1. The zero-order valence-electron chi connectivity index (χ0n) is 8.62. The van der Waals surface area contributed by atoms with Gasteiger partial charge >= 0.3 is 6.18 Å². The monoisotopic (exact) mass is 243 g/mol. The van der Waals surface area contributed by atoms with Gasteiger partial charge in [-0.15, -0.1) is 0 Å². The van der Waals surface area contributed by atoms with Crippen LogP contribution in [0.1, 0.15) is 18.4 Å². The third-order valence-electron chi connectivity index (χ3n) is 2.50. The van der Waals surface area contributed by atoms with Crippen LogP contribution in [0.25, 0.3) is 0 Å². The average molecular weight is 243 g/mol. The van der Waals surface area contributed by atoms with Crippen molar-refractivity contribution >= 4 is 17.5 Å². The van der Waals surface area contributed by atoms with Gasteiger partial charge in [0.1, 0.15) is 0 Å². The van der Waals surface area contributed by atoms with Crippen LogP contribution < -0.4 is 4.90 Å². The van der Waals surface area contributed by atoms with E-state index in [1.165, 1.54) is 12.1 Å². The number of rotatable bonds is 1. The second-order valence-corrected chi connectivity index (χ2v) is 3.64. The fraction of sp³-hybridized carbons (Fsp3) is 0.273. The quantitative estimate of drug-likeness (QED) is 0.710. The summed E-state index contributed by atoms with van der Waals surface area (Å²) < 4.78 is 38.1. The molecule has 0 unspecified atom stereocenters. The minimum absolute atomic E-state index is 0.0367. The molecule has 1 aliphatic rings. The molecule has 1 aromatic carbocycles. The van der Waals surface area contributed by atoms with Gasteiger partial charge in [0.25, 0.3) is 0 Å². The highest BCUT2D eigenvalue weighted by molar-refractivity contribution is 6.20. The number of amides is 2. The smallest absolute Gasteiger partial charge is 0.274 e. The van der Waals surface area contributed by atoms with E-state index in [2.05, 4.69) is 0 Å². The Bertz CT molecular complexity index is 466. The first-order valence-electron chi connectivity index (χ1n) is 4.93. The Kier molecular flexibility index (Phi) is 2.65. The van der Waals surface area contributed by atoms with E-state index < -0.39 is 23.6 Å². The number of carbonyl (C=O) groups excluding carboxylic acids is 2. The van der Waals surface area contributed by atoms with Crippen molar-refractivity contribution < 1.29 is 22.8 Å². The molecule has 1 aromatic rings. The summed E-state index contributed by atoms with van der Waals surface area (Å²) in [6.45, 7) is 0. The molecule has 6 heteroatoms. The highest BCUT2D eigenvalue weighted by Gasteiger charge is 2.39. The molecule has 0 aliphatic carbocycles. The number of alkyl halides is 3. The summed E-state index contributed by atoms with van der Waals surface area (Å²) in [7, 11) is 0. The first kappa shape index (κ1) is 11.6. The van der Waals surface area contributed by atoms with Crippen molar-refractivity contribution in [2.45, 2.75) is 19.0 Å². The minimum atomic E-state index is -4.58. The molecular formula is C11H8F3NO2. The number of hydrogen-bond acceptors (Lipinski definition) is 2. The first-order chi connectivity index (χ1) is 7.91. The van der Waals surface area contributed by atoms with E-state index in [4.69, 9.17) is 0 Å². The van der Waals surface area contributed by atoms with E-state index in [-0.39, 0.29) is 18.5 Å². The molecule has 2 amide bonds. The van der Waals surface area contributed by atoms with Crippen LogP contribution in [0.3, 0.4) is 0 Å². The molecule has 0 atom stereocenters.